The molecule has 0 aliphatic carbocycles. The minimum atomic E-state index is -0.250. The average Bonchev–Trinajstić information content (AvgIpc) is 3.14. The molecule has 2 N–H and O–H groups in total. The predicted molar refractivity (Wildman–Crippen MR) is 107 cm³/mol. The summed E-state index contributed by atoms with van der Waals surface area (Å²) in [5.74, 6) is 1.31. The van der Waals surface area contributed by atoms with E-state index >= 15 is 0 Å². The summed E-state index contributed by atoms with van der Waals surface area (Å²) in [6.45, 7) is 1.78. The van der Waals surface area contributed by atoms with Gasteiger partial charge in [0.15, 0.2) is 0 Å². The summed E-state index contributed by atoms with van der Waals surface area (Å²) in [4.78, 5) is 32.3. The number of amides is 1. The van der Waals surface area contributed by atoms with E-state index in [4.69, 9.17) is 9.90 Å². The number of benzene rings is 1. The summed E-state index contributed by atoms with van der Waals surface area (Å²) < 4.78 is 1.11. The predicted octanol–water partition coefficient (Wildman–Crippen LogP) is 3.63. The number of hydrogen-bond acceptors (Lipinski definition) is 6. The molecular formula is C19H20N4O3S. The van der Waals surface area contributed by atoms with Gasteiger partial charge in [0, 0.05) is 23.9 Å². The maximum absolute atomic E-state index is 12.5. The molecule has 0 saturated carbocycles. The normalized spacial score (nSPS) is 13.6. The summed E-state index contributed by atoms with van der Waals surface area (Å²) in [6, 6.07) is 11.8. The third-order valence-corrected chi connectivity index (χ3v) is 5.34. The van der Waals surface area contributed by atoms with E-state index in [-0.39, 0.29) is 12.4 Å². The van der Waals surface area contributed by atoms with Gasteiger partial charge in [-0.15, -0.1) is 11.3 Å². The Labute approximate surface area is 160 Å². The van der Waals surface area contributed by atoms with Crippen LogP contribution < -0.4 is 10.2 Å². The van der Waals surface area contributed by atoms with E-state index in [1.807, 2.05) is 36.4 Å². The number of thiophene rings is 1. The molecule has 0 unspecified atom stereocenters. The number of rotatable bonds is 3. The van der Waals surface area contributed by atoms with Gasteiger partial charge in [-0.2, -0.15) is 0 Å². The molecule has 140 valence electrons. The van der Waals surface area contributed by atoms with E-state index in [1.165, 1.54) is 36.9 Å². The van der Waals surface area contributed by atoms with E-state index in [2.05, 4.69) is 20.2 Å². The van der Waals surface area contributed by atoms with Gasteiger partial charge >= 0.3 is 0 Å². The average molecular weight is 384 g/mol. The number of carboxylic acid groups (broad SMARTS) is 1. The standard InChI is InChI=1S/C18H18N4OS.CH2O2/c23-18(15-10-13-6-2-3-7-14(13)24-15)21-16-11-17(20-12-19-16)22-8-4-1-5-9-22;2-1-3/h2-3,6-7,10-12H,1,4-5,8-9H2,(H,19,20,21,23);1H,(H,2,3). The Morgan fingerprint density at radius 1 is 1.15 bits per heavy atom. The van der Waals surface area contributed by atoms with Gasteiger partial charge in [0.1, 0.15) is 18.0 Å². The molecule has 1 aliphatic heterocycles. The molecule has 27 heavy (non-hydrogen) atoms. The third kappa shape index (κ3) is 4.79. The van der Waals surface area contributed by atoms with Crippen molar-refractivity contribution in [2.45, 2.75) is 19.3 Å². The van der Waals surface area contributed by atoms with Gasteiger partial charge in [-0.25, -0.2) is 9.97 Å². The van der Waals surface area contributed by atoms with Crippen molar-refractivity contribution in [2.75, 3.05) is 23.3 Å². The Hall–Kier alpha value is -3.00. The molecule has 1 saturated heterocycles. The molecule has 8 heteroatoms. The number of nitrogens with one attached hydrogen (secondary N) is 1. The lowest BCUT2D eigenvalue weighted by molar-refractivity contribution is -0.122. The maximum Gasteiger partial charge on any atom is 0.290 e. The lowest BCUT2D eigenvalue weighted by Crippen LogP contribution is -2.30. The number of carbonyl (C=O) groups is 2. The van der Waals surface area contributed by atoms with E-state index in [0.29, 0.717) is 10.7 Å². The molecule has 2 aromatic heterocycles. The number of hydrogen-bond donors (Lipinski definition) is 2. The highest BCUT2D eigenvalue weighted by Gasteiger charge is 2.15. The SMILES string of the molecule is O=C(Nc1cc(N2CCCCC2)ncn1)c1cc2ccccc2s1.O=CO. The van der Waals surface area contributed by atoms with Crippen LogP contribution in [0.4, 0.5) is 11.6 Å². The van der Waals surface area contributed by atoms with Gasteiger partial charge in [-0.05, 0) is 36.8 Å². The van der Waals surface area contributed by atoms with Crippen molar-refractivity contribution in [3.63, 3.8) is 0 Å². The number of piperidine rings is 1. The maximum atomic E-state index is 12.5. The molecule has 0 bridgehead atoms. The van der Waals surface area contributed by atoms with Gasteiger partial charge in [0.05, 0.1) is 4.88 Å². The van der Waals surface area contributed by atoms with Crippen molar-refractivity contribution in [1.82, 2.24) is 9.97 Å². The highest BCUT2D eigenvalue weighted by molar-refractivity contribution is 7.20. The van der Waals surface area contributed by atoms with Crippen molar-refractivity contribution < 1.29 is 14.7 Å². The van der Waals surface area contributed by atoms with Gasteiger partial charge in [-0.1, -0.05) is 18.2 Å². The van der Waals surface area contributed by atoms with Crippen molar-refractivity contribution >= 4 is 45.4 Å². The first-order chi connectivity index (χ1) is 13.2. The van der Waals surface area contributed by atoms with Crippen molar-refractivity contribution in [2.24, 2.45) is 0 Å². The first-order valence-electron chi connectivity index (χ1n) is 8.66. The van der Waals surface area contributed by atoms with Crippen molar-refractivity contribution in [3.05, 3.63) is 47.6 Å². The third-order valence-electron chi connectivity index (χ3n) is 4.22. The molecular weight excluding hydrogens is 364 g/mol. The largest absolute Gasteiger partial charge is 0.483 e. The fraction of sp³-hybridized carbons (Fsp3) is 0.263. The number of aromatic nitrogens is 2. The molecule has 4 rings (SSSR count). The number of fused-ring (bicyclic) bond motifs is 1. The van der Waals surface area contributed by atoms with Crippen LogP contribution in [0.25, 0.3) is 10.1 Å². The Bertz CT molecular complexity index is 889. The molecule has 0 atom stereocenters. The highest BCUT2D eigenvalue weighted by Crippen LogP contribution is 2.26. The second kappa shape index (κ2) is 9.09. The van der Waals surface area contributed by atoms with Crippen LogP contribution in [0, 0.1) is 0 Å². The van der Waals surface area contributed by atoms with E-state index in [0.717, 1.165) is 29.0 Å². The minimum Gasteiger partial charge on any atom is -0.483 e. The Balaban J connectivity index is 0.000000659. The summed E-state index contributed by atoms with van der Waals surface area (Å²) in [5, 5.41) is 10.9. The van der Waals surface area contributed by atoms with Gasteiger partial charge in [0.25, 0.3) is 12.4 Å². The van der Waals surface area contributed by atoms with Crippen LogP contribution in [0.1, 0.15) is 28.9 Å². The van der Waals surface area contributed by atoms with Gasteiger partial charge in [0.2, 0.25) is 0 Å². The zero-order valence-electron chi connectivity index (χ0n) is 14.7. The summed E-state index contributed by atoms with van der Waals surface area (Å²) in [6.07, 6.45) is 5.17. The van der Waals surface area contributed by atoms with Gasteiger partial charge < -0.3 is 15.3 Å². The molecule has 3 aromatic rings. The minimum absolute atomic E-state index is 0.125. The van der Waals surface area contributed by atoms with Crippen LogP contribution in [0.2, 0.25) is 0 Å². The fourth-order valence-electron chi connectivity index (χ4n) is 2.98. The Morgan fingerprint density at radius 2 is 1.89 bits per heavy atom. The first kappa shape index (κ1) is 18.8. The summed E-state index contributed by atoms with van der Waals surface area (Å²) in [5.41, 5.74) is 0. The molecule has 7 nitrogen and oxygen atoms in total. The molecule has 3 heterocycles. The first-order valence-corrected chi connectivity index (χ1v) is 9.47. The second-order valence-electron chi connectivity index (χ2n) is 6.02. The number of carbonyl (C=O) groups excluding carboxylic acids is 1. The molecule has 1 aliphatic rings. The van der Waals surface area contributed by atoms with Crippen LogP contribution in [0.15, 0.2) is 42.7 Å². The smallest absolute Gasteiger partial charge is 0.290 e. The second-order valence-corrected chi connectivity index (χ2v) is 7.10. The topological polar surface area (TPSA) is 95.4 Å². The molecule has 1 fully saturated rings. The van der Waals surface area contributed by atoms with Gasteiger partial charge in [-0.3, -0.25) is 9.59 Å². The zero-order valence-corrected chi connectivity index (χ0v) is 15.5. The summed E-state index contributed by atoms with van der Waals surface area (Å²) in [7, 11) is 0. The molecule has 0 radical (unpaired) electrons. The zero-order chi connectivity index (χ0) is 19.1. The molecule has 1 amide bonds. The monoisotopic (exact) mass is 384 g/mol. The molecule has 0 spiro atoms. The number of nitrogens with zero attached hydrogens (tertiary/aromatic N) is 3. The number of anilines is 2. The van der Waals surface area contributed by atoms with Crippen LogP contribution in [-0.2, 0) is 4.79 Å². The lowest BCUT2D eigenvalue weighted by atomic mass is 10.1. The van der Waals surface area contributed by atoms with E-state index in [9.17, 15) is 4.79 Å². The van der Waals surface area contributed by atoms with Crippen molar-refractivity contribution in [1.29, 1.82) is 0 Å². The van der Waals surface area contributed by atoms with Crippen LogP contribution >= 0.6 is 11.3 Å². The highest BCUT2D eigenvalue weighted by atomic mass is 32.1. The Morgan fingerprint density at radius 3 is 2.63 bits per heavy atom. The quantitative estimate of drug-likeness (QED) is 0.670. The lowest BCUT2D eigenvalue weighted by Gasteiger charge is -2.27. The van der Waals surface area contributed by atoms with Crippen LogP contribution in [0.3, 0.4) is 0 Å². The van der Waals surface area contributed by atoms with E-state index in [1.54, 1.807) is 0 Å². The Kier molecular flexibility index (Phi) is 6.32. The van der Waals surface area contributed by atoms with E-state index < -0.39 is 0 Å². The molecule has 1 aromatic carbocycles. The van der Waals surface area contributed by atoms with Crippen LogP contribution in [0.5, 0.6) is 0 Å². The fourth-order valence-corrected chi connectivity index (χ4v) is 3.94. The van der Waals surface area contributed by atoms with Crippen molar-refractivity contribution in [3.8, 4) is 0 Å². The van der Waals surface area contributed by atoms with Crippen LogP contribution in [-0.4, -0.2) is 40.5 Å². The summed E-state index contributed by atoms with van der Waals surface area (Å²) >= 11 is 1.49.